The van der Waals surface area contributed by atoms with Gasteiger partial charge in [-0.15, -0.1) is 5.10 Å². The lowest BCUT2D eigenvalue weighted by molar-refractivity contribution is 0.289. The Hall–Kier alpha value is -1.59. The lowest BCUT2D eigenvalue weighted by Crippen LogP contribution is -2.12. The number of rotatable bonds is 7. The molecular weight excluding hydrogens is 288 g/mol. The maximum Gasteiger partial charge on any atom is 0.120 e. The Morgan fingerprint density at radius 1 is 1.29 bits per heavy atom. The van der Waals surface area contributed by atoms with Gasteiger partial charge in [-0.1, -0.05) is 23.7 Å². The molecule has 1 heterocycles. The van der Waals surface area contributed by atoms with E-state index in [4.69, 9.17) is 16.3 Å². The molecule has 0 radical (unpaired) electrons. The van der Waals surface area contributed by atoms with Crippen LogP contribution in [-0.2, 0) is 13.1 Å². The molecule has 0 fully saturated rings. The van der Waals surface area contributed by atoms with E-state index in [-0.39, 0.29) is 0 Å². The highest BCUT2D eigenvalue weighted by molar-refractivity contribution is 6.32. The number of aryl methyl sites for hydroxylation is 2. The van der Waals surface area contributed by atoms with Crippen molar-refractivity contribution in [3.05, 3.63) is 40.2 Å². The Bertz CT molecular complexity index is 574. The van der Waals surface area contributed by atoms with E-state index >= 15 is 0 Å². The number of halogens is 1. The molecular formula is C15H21ClN4O. The van der Waals surface area contributed by atoms with E-state index in [1.165, 1.54) is 0 Å². The van der Waals surface area contributed by atoms with E-state index in [1.54, 1.807) is 4.68 Å². The molecule has 114 valence electrons. The van der Waals surface area contributed by atoms with Gasteiger partial charge in [-0.2, -0.15) is 0 Å². The van der Waals surface area contributed by atoms with Gasteiger partial charge in [0.05, 0.1) is 12.2 Å². The molecule has 0 amide bonds. The number of benzene rings is 1. The number of hydrogen-bond donors (Lipinski definition) is 1. The van der Waals surface area contributed by atoms with Gasteiger partial charge in [-0.3, -0.25) is 0 Å². The first-order valence-electron chi connectivity index (χ1n) is 7.09. The summed E-state index contributed by atoms with van der Waals surface area (Å²) in [4.78, 5) is 0. The van der Waals surface area contributed by atoms with E-state index in [9.17, 15) is 0 Å². The molecule has 0 saturated heterocycles. The SMILES string of the molecule is CCNCc1cn(CCOc2cc(C)c(Cl)c(C)c2)nn1. The summed E-state index contributed by atoms with van der Waals surface area (Å²) in [5.74, 6) is 0.836. The third-order valence-corrected chi connectivity index (χ3v) is 3.74. The van der Waals surface area contributed by atoms with Crippen LogP contribution in [0, 0.1) is 13.8 Å². The molecule has 0 unspecified atom stereocenters. The van der Waals surface area contributed by atoms with Crippen LogP contribution in [0.4, 0.5) is 0 Å². The Morgan fingerprint density at radius 2 is 2.00 bits per heavy atom. The van der Waals surface area contributed by atoms with Crippen LogP contribution in [-0.4, -0.2) is 28.1 Å². The molecule has 5 nitrogen and oxygen atoms in total. The van der Waals surface area contributed by atoms with Crippen molar-refractivity contribution in [1.29, 1.82) is 0 Å². The van der Waals surface area contributed by atoms with Crippen molar-refractivity contribution in [3.63, 3.8) is 0 Å². The fourth-order valence-corrected chi connectivity index (χ4v) is 2.14. The Kier molecular flexibility index (Phi) is 5.59. The average Bonchev–Trinajstić information content (AvgIpc) is 2.90. The first-order chi connectivity index (χ1) is 10.1. The summed E-state index contributed by atoms with van der Waals surface area (Å²) in [7, 11) is 0. The third-order valence-electron chi connectivity index (χ3n) is 3.14. The molecule has 0 spiro atoms. The minimum absolute atomic E-state index is 0.546. The van der Waals surface area contributed by atoms with Crippen molar-refractivity contribution in [2.45, 2.75) is 33.9 Å². The van der Waals surface area contributed by atoms with E-state index in [0.717, 1.165) is 40.7 Å². The highest BCUT2D eigenvalue weighted by Gasteiger charge is 2.04. The molecule has 2 rings (SSSR count). The van der Waals surface area contributed by atoms with Gasteiger partial charge in [0.2, 0.25) is 0 Å². The van der Waals surface area contributed by atoms with E-state index in [0.29, 0.717) is 13.2 Å². The topological polar surface area (TPSA) is 52.0 Å². The molecule has 0 atom stereocenters. The minimum Gasteiger partial charge on any atom is -0.492 e. The van der Waals surface area contributed by atoms with Gasteiger partial charge in [0.15, 0.2) is 0 Å². The largest absolute Gasteiger partial charge is 0.492 e. The number of nitrogens with zero attached hydrogens (tertiary/aromatic N) is 3. The third kappa shape index (κ3) is 4.44. The lowest BCUT2D eigenvalue weighted by atomic mass is 10.1. The fourth-order valence-electron chi connectivity index (χ4n) is 2.03. The van der Waals surface area contributed by atoms with Gasteiger partial charge in [0.25, 0.3) is 0 Å². The predicted octanol–water partition coefficient (Wildman–Crippen LogP) is 2.74. The summed E-state index contributed by atoms with van der Waals surface area (Å²) in [6.07, 6.45) is 1.93. The summed E-state index contributed by atoms with van der Waals surface area (Å²) in [6, 6.07) is 3.90. The molecule has 0 aliphatic heterocycles. The van der Waals surface area contributed by atoms with Crippen LogP contribution in [0.1, 0.15) is 23.7 Å². The second-order valence-electron chi connectivity index (χ2n) is 4.97. The second kappa shape index (κ2) is 7.43. The molecule has 1 aromatic carbocycles. The van der Waals surface area contributed by atoms with Crippen molar-refractivity contribution in [2.24, 2.45) is 0 Å². The molecule has 1 N–H and O–H groups in total. The van der Waals surface area contributed by atoms with Gasteiger partial charge < -0.3 is 10.1 Å². The molecule has 0 aliphatic carbocycles. The van der Waals surface area contributed by atoms with Crippen LogP contribution < -0.4 is 10.1 Å². The predicted molar refractivity (Wildman–Crippen MR) is 83.8 cm³/mol. The Morgan fingerprint density at radius 3 is 2.67 bits per heavy atom. The van der Waals surface area contributed by atoms with E-state index in [1.807, 2.05) is 32.2 Å². The van der Waals surface area contributed by atoms with Crippen LogP contribution >= 0.6 is 11.6 Å². The number of aromatic nitrogens is 3. The van der Waals surface area contributed by atoms with Crippen LogP contribution in [0.25, 0.3) is 0 Å². The molecule has 0 aliphatic rings. The summed E-state index contributed by atoms with van der Waals surface area (Å²) < 4.78 is 7.55. The van der Waals surface area contributed by atoms with Gasteiger partial charge in [-0.25, -0.2) is 4.68 Å². The number of ether oxygens (including phenoxy) is 1. The molecule has 0 saturated carbocycles. The Labute approximate surface area is 130 Å². The highest BCUT2D eigenvalue weighted by atomic mass is 35.5. The number of hydrogen-bond acceptors (Lipinski definition) is 4. The minimum atomic E-state index is 0.546. The smallest absolute Gasteiger partial charge is 0.120 e. The monoisotopic (exact) mass is 308 g/mol. The van der Waals surface area contributed by atoms with Crippen LogP contribution in [0.5, 0.6) is 5.75 Å². The molecule has 1 aromatic heterocycles. The van der Waals surface area contributed by atoms with Crippen LogP contribution in [0.3, 0.4) is 0 Å². The zero-order chi connectivity index (χ0) is 15.2. The molecule has 0 bridgehead atoms. The van der Waals surface area contributed by atoms with Gasteiger partial charge in [0.1, 0.15) is 12.4 Å². The summed E-state index contributed by atoms with van der Waals surface area (Å²) >= 11 is 6.14. The summed E-state index contributed by atoms with van der Waals surface area (Å²) in [6.45, 7) is 8.90. The van der Waals surface area contributed by atoms with Crippen LogP contribution in [0.2, 0.25) is 5.02 Å². The first-order valence-corrected chi connectivity index (χ1v) is 7.47. The van der Waals surface area contributed by atoms with Crippen molar-refractivity contribution < 1.29 is 4.74 Å². The lowest BCUT2D eigenvalue weighted by Gasteiger charge is -2.09. The second-order valence-corrected chi connectivity index (χ2v) is 5.35. The molecule has 21 heavy (non-hydrogen) atoms. The van der Waals surface area contributed by atoms with E-state index < -0.39 is 0 Å². The highest BCUT2D eigenvalue weighted by Crippen LogP contribution is 2.25. The van der Waals surface area contributed by atoms with Crippen LogP contribution in [0.15, 0.2) is 18.3 Å². The zero-order valence-corrected chi connectivity index (χ0v) is 13.4. The number of nitrogens with one attached hydrogen (secondary N) is 1. The van der Waals surface area contributed by atoms with E-state index in [2.05, 4.69) is 22.6 Å². The first kappa shape index (κ1) is 15.8. The summed E-state index contributed by atoms with van der Waals surface area (Å²) in [5, 5.41) is 12.2. The molecule has 2 aromatic rings. The van der Waals surface area contributed by atoms with Crippen molar-refractivity contribution >= 4 is 11.6 Å². The van der Waals surface area contributed by atoms with Crippen molar-refractivity contribution in [2.75, 3.05) is 13.2 Å². The van der Waals surface area contributed by atoms with Crippen molar-refractivity contribution in [1.82, 2.24) is 20.3 Å². The Balaban J connectivity index is 1.85. The standard InChI is InChI=1S/C15H21ClN4O/c1-4-17-9-13-10-20(19-18-13)5-6-21-14-7-11(2)15(16)12(3)8-14/h7-8,10,17H,4-6,9H2,1-3H3. The normalized spacial score (nSPS) is 10.9. The molecule has 6 heteroatoms. The summed E-state index contributed by atoms with van der Waals surface area (Å²) in [5.41, 5.74) is 3.00. The quantitative estimate of drug-likeness (QED) is 0.854. The van der Waals surface area contributed by atoms with Crippen molar-refractivity contribution in [3.8, 4) is 5.75 Å². The van der Waals surface area contributed by atoms with Gasteiger partial charge in [-0.05, 0) is 43.7 Å². The zero-order valence-electron chi connectivity index (χ0n) is 12.7. The maximum atomic E-state index is 6.14. The van der Waals surface area contributed by atoms with Gasteiger partial charge in [0, 0.05) is 17.8 Å². The average molecular weight is 309 g/mol. The fraction of sp³-hybridized carbons (Fsp3) is 0.467. The van der Waals surface area contributed by atoms with Gasteiger partial charge >= 0.3 is 0 Å². The maximum absolute atomic E-state index is 6.14.